The smallest absolute Gasteiger partial charge is 0.225 e. The van der Waals surface area contributed by atoms with Crippen LogP contribution in [0.3, 0.4) is 0 Å². The Labute approximate surface area is 109 Å². The van der Waals surface area contributed by atoms with E-state index < -0.39 is 0 Å². The average molecular weight is 249 g/mol. The molecule has 4 nitrogen and oxygen atoms in total. The highest BCUT2D eigenvalue weighted by atomic mass is 16.2. The molecular formula is C14H23N3O. The molecule has 1 N–H and O–H groups in total. The third kappa shape index (κ3) is 2.74. The second kappa shape index (κ2) is 5.55. The predicted octanol–water partition coefficient (Wildman–Crippen LogP) is 2.22. The van der Waals surface area contributed by atoms with Crippen LogP contribution in [-0.2, 0) is 11.2 Å². The molecule has 1 heterocycles. The summed E-state index contributed by atoms with van der Waals surface area (Å²) in [7, 11) is 1.93. The van der Waals surface area contributed by atoms with E-state index >= 15 is 0 Å². The summed E-state index contributed by atoms with van der Waals surface area (Å²) < 4.78 is 0. The first-order chi connectivity index (χ1) is 8.59. The molecule has 0 saturated heterocycles. The lowest BCUT2D eigenvalue weighted by atomic mass is 9.84. The summed E-state index contributed by atoms with van der Waals surface area (Å²) >= 11 is 0. The highest BCUT2D eigenvalue weighted by Gasteiger charge is 2.27. The summed E-state index contributed by atoms with van der Waals surface area (Å²) in [6.45, 7) is 4.93. The van der Waals surface area contributed by atoms with Gasteiger partial charge in [0.25, 0.3) is 0 Å². The Morgan fingerprint density at radius 2 is 2.17 bits per heavy atom. The molecule has 0 atom stereocenters. The predicted molar refractivity (Wildman–Crippen MR) is 71.4 cm³/mol. The van der Waals surface area contributed by atoms with Crippen LogP contribution in [0.1, 0.15) is 42.6 Å². The van der Waals surface area contributed by atoms with Gasteiger partial charge >= 0.3 is 0 Å². The third-order valence-corrected chi connectivity index (χ3v) is 4.03. The minimum atomic E-state index is 0.312. The zero-order valence-electron chi connectivity index (χ0n) is 11.6. The summed E-state index contributed by atoms with van der Waals surface area (Å²) in [6.07, 6.45) is 5.40. The second-order valence-corrected chi connectivity index (χ2v) is 5.40. The van der Waals surface area contributed by atoms with Crippen LogP contribution in [-0.4, -0.2) is 34.6 Å². The Morgan fingerprint density at radius 1 is 1.44 bits per heavy atom. The van der Waals surface area contributed by atoms with E-state index in [-0.39, 0.29) is 0 Å². The molecule has 1 aromatic heterocycles. The molecule has 0 bridgehead atoms. The van der Waals surface area contributed by atoms with Crippen molar-refractivity contribution in [3.8, 4) is 0 Å². The van der Waals surface area contributed by atoms with Crippen molar-refractivity contribution in [1.29, 1.82) is 0 Å². The summed E-state index contributed by atoms with van der Waals surface area (Å²) in [5, 5.41) is 7.20. The third-order valence-electron chi connectivity index (χ3n) is 4.03. The van der Waals surface area contributed by atoms with E-state index in [1.54, 1.807) is 0 Å². The molecule has 1 aromatic rings. The van der Waals surface area contributed by atoms with E-state index in [9.17, 15) is 4.79 Å². The van der Waals surface area contributed by atoms with Crippen molar-refractivity contribution in [2.45, 2.75) is 46.0 Å². The molecule has 0 unspecified atom stereocenters. The molecule has 1 fully saturated rings. The van der Waals surface area contributed by atoms with Gasteiger partial charge in [0.15, 0.2) is 0 Å². The van der Waals surface area contributed by atoms with Crippen molar-refractivity contribution in [3.63, 3.8) is 0 Å². The summed E-state index contributed by atoms with van der Waals surface area (Å²) in [5.41, 5.74) is 3.54. The van der Waals surface area contributed by atoms with Crippen LogP contribution in [0.15, 0.2) is 0 Å². The molecule has 0 radical (unpaired) electrons. The van der Waals surface area contributed by atoms with Gasteiger partial charge in [-0.1, -0.05) is 6.42 Å². The molecule has 1 aliphatic rings. The van der Waals surface area contributed by atoms with E-state index in [1.807, 2.05) is 18.9 Å². The fraction of sp³-hybridized carbons (Fsp3) is 0.714. The van der Waals surface area contributed by atoms with Gasteiger partial charge in [-0.05, 0) is 45.1 Å². The van der Waals surface area contributed by atoms with Gasteiger partial charge in [0.1, 0.15) is 0 Å². The van der Waals surface area contributed by atoms with Crippen molar-refractivity contribution in [2.75, 3.05) is 13.6 Å². The minimum absolute atomic E-state index is 0.312. The highest BCUT2D eigenvalue weighted by Crippen LogP contribution is 2.27. The lowest BCUT2D eigenvalue weighted by Gasteiger charge is -2.29. The maximum absolute atomic E-state index is 12.0. The minimum Gasteiger partial charge on any atom is -0.346 e. The number of amides is 1. The zero-order valence-corrected chi connectivity index (χ0v) is 11.6. The van der Waals surface area contributed by atoms with Crippen LogP contribution < -0.4 is 0 Å². The number of aromatic nitrogens is 2. The lowest BCUT2D eigenvalue weighted by molar-refractivity contribution is -0.136. The first-order valence-electron chi connectivity index (χ1n) is 6.85. The van der Waals surface area contributed by atoms with Crippen molar-refractivity contribution in [2.24, 2.45) is 5.92 Å². The maximum Gasteiger partial charge on any atom is 0.225 e. The number of nitrogens with one attached hydrogen (secondary N) is 1. The van der Waals surface area contributed by atoms with Gasteiger partial charge in [0.05, 0.1) is 5.69 Å². The molecule has 1 saturated carbocycles. The van der Waals surface area contributed by atoms with Crippen molar-refractivity contribution < 1.29 is 4.79 Å². The average Bonchev–Trinajstić information content (AvgIpc) is 2.57. The van der Waals surface area contributed by atoms with Gasteiger partial charge in [-0.3, -0.25) is 9.89 Å². The second-order valence-electron chi connectivity index (χ2n) is 5.40. The molecule has 0 aromatic carbocycles. The quantitative estimate of drug-likeness (QED) is 0.870. The number of carbonyl (C=O) groups excluding carboxylic acids is 1. The fourth-order valence-electron chi connectivity index (χ4n) is 2.51. The highest BCUT2D eigenvalue weighted by molar-refractivity contribution is 5.79. The number of nitrogens with zero attached hydrogens (tertiary/aromatic N) is 2. The zero-order chi connectivity index (χ0) is 13.1. The number of carbonyl (C=O) groups is 1. The van der Waals surface area contributed by atoms with Gasteiger partial charge in [0, 0.05) is 25.2 Å². The van der Waals surface area contributed by atoms with Gasteiger partial charge in [-0.25, -0.2) is 0 Å². The molecule has 0 aliphatic heterocycles. The Kier molecular flexibility index (Phi) is 4.04. The summed E-state index contributed by atoms with van der Waals surface area (Å²) in [5.74, 6) is 0.647. The van der Waals surface area contributed by atoms with Crippen LogP contribution in [0.4, 0.5) is 0 Å². The van der Waals surface area contributed by atoms with E-state index in [1.165, 1.54) is 12.0 Å². The van der Waals surface area contributed by atoms with E-state index in [2.05, 4.69) is 17.1 Å². The first-order valence-corrected chi connectivity index (χ1v) is 6.85. The van der Waals surface area contributed by atoms with Crippen LogP contribution in [0.2, 0.25) is 0 Å². The molecule has 0 spiro atoms. The van der Waals surface area contributed by atoms with Crippen LogP contribution in [0, 0.1) is 19.8 Å². The lowest BCUT2D eigenvalue weighted by Crippen LogP contribution is -2.36. The van der Waals surface area contributed by atoms with Crippen LogP contribution in [0.25, 0.3) is 0 Å². The molecule has 1 amide bonds. The van der Waals surface area contributed by atoms with Crippen molar-refractivity contribution >= 4 is 5.91 Å². The largest absolute Gasteiger partial charge is 0.346 e. The van der Waals surface area contributed by atoms with Crippen LogP contribution >= 0.6 is 0 Å². The number of aromatic amines is 1. The number of rotatable bonds is 5. The Morgan fingerprint density at radius 3 is 2.67 bits per heavy atom. The SMILES string of the molecule is Cc1n[nH]c(C)c1CCCN(C)C(=O)C1CCC1. The maximum atomic E-state index is 12.0. The molecule has 100 valence electrons. The molecule has 1 aliphatic carbocycles. The first kappa shape index (κ1) is 13.1. The van der Waals surface area contributed by atoms with Crippen molar-refractivity contribution in [1.82, 2.24) is 15.1 Å². The van der Waals surface area contributed by atoms with E-state index in [4.69, 9.17) is 0 Å². The number of H-pyrrole nitrogens is 1. The van der Waals surface area contributed by atoms with Crippen molar-refractivity contribution in [3.05, 3.63) is 17.0 Å². The fourth-order valence-corrected chi connectivity index (χ4v) is 2.51. The van der Waals surface area contributed by atoms with Gasteiger partial charge in [-0.15, -0.1) is 0 Å². The monoisotopic (exact) mass is 249 g/mol. The number of aryl methyl sites for hydroxylation is 2. The van der Waals surface area contributed by atoms with Gasteiger partial charge < -0.3 is 4.90 Å². The van der Waals surface area contributed by atoms with Crippen LogP contribution in [0.5, 0.6) is 0 Å². The molecular weight excluding hydrogens is 226 g/mol. The standard InChI is InChI=1S/C14H23N3O/c1-10-13(11(2)16-15-10)8-5-9-17(3)14(18)12-6-4-7-12/h12H,4-9H2,1-3H3,(H,15,16). The number of hydrogen-bond acceptors (Lipinski definition) is 2. The van der Waals surface area contributed by atoms with E-state index in [0.717, 1.165) is 43.6 Å². The Balaban J connectivity index is 1.76. The summed E-state index contributed by atoms with van der Waals surface area (Å²) in [4.78, 5) is 13.9. The topological polar surface area (TPSA) is 49.0 Å². The van der Waals surface area contributed by atoms with E-state index in [0.29, 0.717) is 11.8 Å². The van der Waals surface area contributed by atoms with Gasteiger partial charge in [-0.2, -0.15) is 5.10 Å². The Bertz CT molecular complexity index is 401. The molecule has 4 heteroatoms. The Hall–Kier alpha value is -1.32. The molecule has 2 rings (SSSR count). The molecule has 18 heavy (non-hydrogen) atoms. The number of hydrogen-bond donors (Lipinski definition) is 1. The van der Waals surface area contributed by atoms with Gasteiger partial charge in [0.2, 0.25) is 5.91 Å². The normalized spacial score (nSPS) is 15.5. The summed E-state index contributed by atoms with van der Waals surface area (Å²) in [6, 6.07) is 0.